The highest BCUT2D eigenvalue weighted by molar-refractivity contribution is 5.80. The lowest BCUT2D eigenvalue weighted by Gasteiger charge is -2.24. The number of nitro benzene ring substituents is 1. The van der Waals surface area contributed by atoms with Gasteiger partial charge in [-0.15, -0.1) is 0 Å². The summed E-state index contributed by atoms with van der Waals surface area (Å²) in [5, 5.41) is 22.4. The third kappa shape index (κ3) is 4.34. The highest BCUT2D eigenvalue weighted by Crippen LogP contribution is 2.26. The van der Waals surface area contributed by atoms with E-state index in [-0.39, 0.29) is 5.69 Å². The first-order valence-corrected chi connectivity index (χ1v) is 10.2. The predicted octanol–water partition coefficient (Wildman–Crippen LogP) is 4.08. The number of nitrogens with zero attached hydrogens (tertiary/aromatic N) is 5. The quantitative estimate of drug-likeness (QED) is 0.475. The van der Waals surface area contributed by atoms with Crippen LogP contribution in [0.5, 0.6) is 0 Å². The molecule has 2 aromatic heterocycles. The van der Waals surface area contributed by atoms with Crippen LogP contribution in [0.15, 0.2) is 54.9 Å². The predicted molar refractivity (Wildman–Crippen MR) is 119 cm³/mol. The van der Waals surface area contributed by atoms with E-state index in [4.69, 9.17) is 4.98 Å². The van der Waals surface area contributed by atoms with Gasteiger partial charge in [0.25, 0.3) is 5.69 Å². The van der Waals surface area contributed by atoms with E-state index in [1.54, 1.807) is 12.1 Å². The van der Waals surface area contributed by atoms with Crippen LogP contribution in [0.4, 0.5) is 11.5 Å². The van der Waals surface area contributed by atoms with Crippen LogP contribution >= 0.6 is 0 Å². The molecule has 8 nitrogen and oxygen atoms in total. The van der Waals surface area contributed by atoms with Gasteiger partial charge < -0.3 is 14.9 Å². The Labute approximate surface area is 180 Å². The standard InChI is InChI=1S/C23H25N5O3/c1-15(2)26-10-11-27(14-26)22-9-8-20-16(3)12-18(24-23(20)25-22)13-21(29)17-4-6-19(7-5-17)28(30)31/h4-12,15,21,29H,13-14H2,1-3H3. The third-order valence-electron chi connectivity index (χ3n) is 5.52. The van der Waals surface area contributed by atoms with Crippen LogP contribution in [0.1, 0.15) is 36.8 Å². The molecule has 1 aliphatic rings. The van der Waals surface area contributed by atoms with Crippen molar-refractivity contribution in [3.63, 3.8) is 0 Å². The van der Waals surface area contributed by atoms with Gasteiger partial charge in [0.15, 0.2) is 5.65 Å². The Kier molecular flexibility index (Phi) is 5.56. The summed E-state index contributed by atoms with van der Waals surface area (Å²) >= 11 is 0. The lowest BCUT2D eigenvalue weighted by Crippen LogP contribution is -2.30. The van der Waals surface area contributed by atoms with Crippen LogP contribution in [0.25, 0.3) is 11.0 Å². The number of anilines is 1. The molecule has 0 bridgehead atoms. The molecule has 1 unspecified atom stereocenters. The number of aromatic nitrogens is 2. The molecule has 1 atom stereocenters. The molecule has 0 radical (unpaired) electrons. The van der Waals surface area contributed by atoms with Crippen LogP contribution < -0.4 is 4.90 Å². The molecule has 1 aliphatic heterocycles. The zero-order valence-electron chi connectivity index (χ0n) is 17.8. The second kappa shape index (κ2) is 8.31. The fraction of sp³-hybridized carbons (Fsp3) is 0.304. The summed E-state index contributed by atoms with van der Waals surface area (Å²) in [6.07, 6.45) is 3.56. The largest absolute Gasteiger partial charge is 0.388 e. The second-order valence-corrected chi connectivity index (χ2v) is 8.06. The Morgan fingerprint density at radius 2 is 1.87 bits per heavy atom. The van der Waals surface area contributed by atoms with Gasteiger partial charge in [0.2, 0.25) is 0 Å². The van der Waals surface area contributed by atoms with Gasteiger partial charge in [-0.3, -0.25) is 10.1 Å². The monoisotopic (exact) mass is 419 g/mol. The number of hydrogen-bond acceptors (Lipinski definition) is 7. The van der Waals surface area contributed by atoms with Crippen LogP contribution in [-0.2, 0) is 6.42 Å². The van der Waals surface area contributed by atoms with Gasteiger partial charge in [0, 0.05) is 48.1 Å². The number of fused-ring (bicyclic) bond motifs is 1. The normalized spacial score (nSPS) is 14.6. The highest BCUT2D eigenvalue weighted by Gasteiger charge is 2.18. The van der Waals surface area contributed by atoms with Crippen molar-refractivity contribution < 1.29 is 10.0 Å². The maximum atomic E-state index is 10.8. The van der Waals surface area contributed by atoms with Crippen molar-refractivity contribution in [2.45, 2.75) is 39.3 Å². The SMILES string of the molecule is Cc1cc(CC(O)c2ccc([N+](=O)[O-])cc2)nc2nc(N3C=CN(C(C)C)C3)ccc12. The molecule has 0 saturated carbocycles. The molecule has 0 saturated heterocycles. The smallest absolute Gasteiger partial charge is 0.269 e. The minimum absolute atomic E-state index is 0.000603. The molecule has 0 fully saturated rings. The van der Waals surface area contributed by atoms with Crippen molar-refractivity contribution >= 4 is 22.5 Å². The van der Waals surface area contributed by atoms with E-state index in [0.717, 1.165) is 29.1 Å². The van der Waals surface area contributed by atoms with E-state index in [1.807, 2.05) is 31.3 Å². The molecule has 0 aliphatic carbocycles. The average Bonchev–Trinajstić information content (AvgIpc) is 3.24. The number of rotatable bonds is 6. The van der Waals surface area contributed by atoms with Crippen molar-refractivity contribution in [1.82, 2.24) is 14.9 Å². The number of non-ortho nitro benzene ring substituents is 1. The van der Waals surface area contributed by atoms with Crippen molar-refractivity contribution in [2.24, 2.45) is 0 Å². The Bertz CT molecular complexity index is 1140. The van der Waals surface area contributed by atoms with E-state index in [2.05, 4.69) is 34.8 Å². The van der Waals surface area contributed by atoms with Crippen LogP contribution in [-0.4, -0.2) is 37.6 Å². The van der Waals surface area contributed by atoms with E-state index < -0.39 is 11.0 Å². The van der Waals surface area contributed by atoms with Crippen molar-refractivity contribution in [3.8, 4) is 0 Å². The molecule has 31 heavy (non-hydrogen) atoms. The van der Waals surface area contributed by atoms with Crippen molar-refractivity contribution in [3.05, 3.63) is 81.8 Å². The lowest BCUT2D eigenvalue weighted by atomic mass is 10.0. The Morgan fingerprint density at radius 3 is 2.52 bits per heavy atom. The molecule has 1 aromatic carbocycles. The third-order valence-corrected chi connectivity index (χ3v) is 5.52. The maximum absolute atomic E-state index is 10.8. The summed E-state index contributed by atoms with van der Waals surface area (Å²) in [4.78, 5) is 24.1. The fourth-order valence-corrected chi connectivity index (χ4v) is 3.65. The molecule has 3 aromatic rings. The number of aliphatic hydroxyl groups is 1. The summed E-state index contributed by atoms with van der Waals surface area (Å²) in [5.41, 5.74) is 3.01. The summed E-state index contributed by atoms with van der Waals surface area (Å²) < 4.78 is 0. The van der Waals surface area contributed by atoms with Crippen molar-refractivity contribution in [1.29, 1.82) is 0 Å². The Balaban J connectivity index is 1.57. The molecule has 3 heterocycles. The van der Waals surface area contributed by atoms with Crippen molar-refractivity contribution in [2.75, 3.05) is 11.6 Å². The van der Waals surface area contributed by atoms with Gasteiger partial charge in [0.05, 0.1) is 17.7 Å². The fourth-order valence-electron chi connectivity index (χ4n) is 3.65. The Morgan fingerprint density at radius 1 is 1.13 bits per heavy atom. The lowest BCUT2D eigenvalue weighted by molar-refractivity contribution is -0.384. The molecule has 1 N–H and O–H groups in total. The molecule has 8 heteroatoms. The number of benzene rings is 1. The van der Waals surface area contributed by atoms with E-state index in [0.29, 0.717) is 23.7 Å². The highest BCUT2D eigenvalue weighted by atomic mass is 16.6. The number of aliphatic hydroxyl groups excluding tert-OH is 1. The van der Waals surface area contributed by atoms with Gasteiger partial charge >= 0.3 is 0 Å². The van der Waals surface area contributed by atoms with Crippen LogP contribution in [0, 0.1) is 17.0 Å². The molecular weight excluding hydrogens is 394 g/mol. The maximum Gasteiger partial charge on any atom is 0.269 e. The minimum atomic E-state index is -0.811. The summed E-state index contributed by atoms with van der Waals surface area (Å²) in [7, 11) is 0. The van der Waals surface area contributed by atoms with Gasteiger partial charge in [-0.2, -0.15) is 0 Å². The zero-order chi connectivity index (χ0) is 22.1. The van der Waals surface area contributed by atoms with Gasteiger partial charge in [-0.05, 0) is 62.2 Å². The first kappa shape index (κ1) is 20.7. The van der Waals surface area contributed by atoms with E-state index >= 15 is 0 Å². The molecular formula is C23H25N5O3. The molecule has 4 rings (SSSR count). The number of hydrogen-bond donors (Lipinski definition) is 1. The van der Waals surface area contributed by atoms with E-state index in [1.165, 1.54) is 12.1 Å². The van der Waals surface area contributed by atoms with Gasteiger partial charge in [0.1, 0.15) is 5.82 Å². The first-order valence-electron chi connectivity index (χ1n) is 10.2. The molecule has 0 amide bonds. The minimum Gasteiger partial charge on any atom is -0.388 e. The Hall–Kier alpha value is -3.52. The average molecular weight is 419 g/mol. The van der Waals surface area contributed by atoms with Crippen LogP contribution in [0.2, 0.25) is 0 Å². The van der Waals surface area contributed by atoms with Gasteiger partial charge in [-0.25, -0.2) is 9.97 Å². The number of pyridine rings is 2. The van der Waals surface area contributed by atoms with E-state index in [9.17, 15) is 15.2 Å². The van der Waals surface area contributed by atoms with Crippen LogP contribution in [0.3, 0.4) is 0 Å². The molecule has 160 valence electrons. The summed E-state index contributed by atoms with van der Waals surface area (Å²) in [5.74, 6) is 0.826. The number of nitro groups is 1. The zero-order valence-corrected chi connectivity index (χ0v) is 17.8. The number of aryl methyl sites for hydroxylation is 1. The summed E-state index contributed by atoms with van der Waals surface area (Å²) in [6.45, 7) is 7.04. The second-order valence-electron chi connectivity index (χ2n) is 8.06. The first-order chi connectivity index (χ1) is 14.8. The summed E-state index contributed by atoms with van der Waals surface area (Å²) in [6, 6.07) is 12.3. The topological polar surface area (TPSA) is 95.6 Å². The molecule has 0 spiro atoms. The van der Waals surface area contributed by atoms with Gasteiger partial charge in [-0.1, -0.05) is 0 Å².